The van der Waals surface area contributed by atoms with E-state index < -0.39 is 12.1 Å². The first-order chi connectivity index (χ1) is 18.5. The van der Waals surface area contributed by atoms with E-state index in [0.717, 1.165) is 57.4 Å². The van der Waals surface area contributed by atoms with Gasteiger partial charge in [-0.2, -0.15) is 23.7 Å². The van der Waals surface area contributed by atoms with Crippen LogP contribution in [0.25, 0.3) is 0 Å². The SMILES string of the molecule is Cc1ccccc1CC1(C#N)CCN(CCc2cncn2Cc2ccc(C#N)cc2)CC1.O=C(O)C(F)(F)F. The Hall–Kier alpha value is -4.15. The van der Waals surface area contributed by atoms with Crippen LogP contribution in [0.3, 0.4) is 0 Å². The topological polar surface area (TPSA) is 106 Å². The molecule has 10 heteroatoms. The summed E-state index contributed by atoms with van der Waals surface area (Å²) < 4.78 is 33.9. The quantitative estimate of drug-likeness (QED) is 0.448. The van der Waals surface area contributed by atoms with Gasteiger partial charge in [-0.05, 0) is 68.1 Å². The van der Waals surface area contributed by atoms with Crippen LogP contribution >= 0.6 is 0 Å². The molecule has 1 aromatic heterocycles. The third kappa shape index (κ3) is 8.42. The lowest BCUT2D eigenvalue weighted by atomic mass is 9.74. The van der Waals surface area contributed by atoms with Gasteiger partial charge in [-0.15, -0.1) is 0 Å². The summed E-state index contributed by atoms with van der Waals surface area (Å²) in [5, 5.41) is 26.1. The zero-order valence-corrected chi connectivity index (χ0v) is 21.7. The number of carboxylic acids is 1. The van der Waals surface area contributed by atoms with Gasteiger partial charge in [0.2, 0.25) is 0 Å². The number of carboxylic acid groups (broad SMARTS) is 1. The van der Waals surface area contributed by atoms with Crippen molar-refractivity contribution in [3.05, 3.63) is 89.0 Å². The van der Waals surface area contributed by atoms with Crippen LogP contribution in [0.4, 0.5) is 13.2 Å². The minimum atomic E-state index is -5.08. The van der Waals surface area contributed by atoms with E-state index in [1.54, 1.807) is 0 Å². The molecule has 2 heterocycles. The molecule has 0 saturated carbocycles. The second kappa shape index (κ2) is 13.1. The number of aromatic nitrogens is 2. The highest BCUT2D eigenvalue weighted by atomic mass is 19.4. The Labute approximate surface area is 225 Å². The number of nitriles is 2. The van der Waals surface area contributed by atoms with E-state index in [9.17, 15) is 18.4 Å². The number of halogens is 3. The van der Waals surface area contributed by atoms with Gasteiger partial charge >= 0.3 is 12.1 Å². The van der Waals surface area contributed by atoms with Gasteiger partial charge in [0.1, 0.15) is 0 Å². The molecule has 1 aliphatic rings. The summed E-state index contributed by atoms with van der Waals surface area (Å²) in [4.78, 5) is 15.7. The summed E-state index contributed by atoms with van der Waals surface area (Å²) in [7, 11) is 0. The van der Waals surface area contributed by atoms with Crippen molar-refractivity contribution in [3.8, 4) is 12.1 Å². The molecule has 39 heavy (non-hydrogen) atoms. The molecule has 0 spiro atoms. The predicted molar refractivity (Wildman–Crippen MR) is 138 cm³/mol. The van der Waals surface area contributed by atoms with Crippen molar-refractivity contribution in [1.29, 1.82) is 10.5 Å². The molecule has 0 atom stereocenters. The summed E-state index contributed by atoms with van der Waals surface area (Å²) in [6.45, 7) is 5.79. The Kier molecular flexibility index (Phi) is 9.86. The Morgan fingerprint density at radius 3 is 2.31 bits per heavy atom. The molecule has 204 valence electrons. The van der Waals surface area contributed by atoms with Crippen molar-refractivity contribution >= 4 is 5.97 Å². The van der Waals surface area contributed by atoms with Crippen LogP contribution in [-0.2, 0) is 24.2 Å². The first-order valence-corrected chi connectivity index (χ1v) is 12.5. The molecule has 0 aliphatic carbocycles. The Morgan fingerprint density at radius 2 is 1.74 bits per heavy atom. The molecule has 0 bridgehead atoms. The number of rotatable bonds is 7. The largest absolute Gasteiger partial charge is 0.490 e. The van der Waals surface area contributed by atoms with E-state index in [0.29, 0.717) is 5.56 Å². The van der Waals surface area contributed by atoms with E-state index in [1.807, 2.05) is 36.8 Å². The van der Waals surface area contributed by atoms with E-state index in [-0.39, 0.29) is 5.41 Å². The molecular formula is C29H30F3N5O2. The van der Waals surface area contributed by atoms with Crippen LogP contribution < -0.4 is 0 Å². The van der Waals surface area contributed by atoms with Gasteiger partial charge in [-0.1, -0.05) is 36.4 Å². The number of hydrogen-bond donors (Lipinski definition) is 1. The van der Waals surface area contributed by atoms with E-state index in [1.165, 1.54) is 16.8 Å². The van der Waals surface area contributed by atoms with Gasteiger partial charge in [-0.3, -0.25) is 0 Å². The lowest BCUT2D eigenvalue weighted by Gasteiger charge is -2.37. The number of alkyl halides is 3. The highest BCUT2D eigenvalue weighted by molar-refractivity contribution is 5.73. The van der Waals surface area contributed by atoms with Gasteiger partial charge in [0.05, 0.1) is 29.4 Å². The van der Waals surface area contributed by atoms with Gasteiger partial charge in [0.25, 0.3) is 0 Å². The molecule has 0 amide bonds. The van der Waals surface area contributed by atoms with Crippen LogP contribution in [0.15, 0.2) is 61.1 Å². The molecule has 1 saturated heterocycles. The average Bonchev–Trinajstić information content (AvgIpc) is 3.36. The smallest absolute Gasteiger partial charge is 0.475 e. The van der Waals surface area contributed by atoms with E-state index in [4.69, 9.17) is 15.2 Å². The number of aliphatic carboxylic acids is 1. The third-order valence-electron chi connectivity index (χ3n) is 7.00. The maximum Gasteiger partial charge on any atom is 0.490 e. The molecule has 1 fully saturated rings. The highest BCUT2D eigenvalue weighted by Crippen LogP contribution is 2.35. The fourth-order valence-electron chi connectivity index (χ4n) is 4.56. The molecule has 3 aromatic rings. The van der Waals surface area contributed by atoms with Crippen LogP contribution in [0.5, 0.6) is 0 Å². The molecular weight excluding hydrogens is 507 g/mol. The van der Waals surface area contributed by atoms with E-state index >= 15 is 0 Å². The van der Waals surface area contributed by atoms with Crippen molar-refractivity contribution in [2.45, 2.75) is 45.3 Å². The zero-order valence-electron chi connectivity index (χ0n) is 21.7. The van der Waals surface area contributed by atoms with Crippen LogP contribution in [-0.4, -0.2) is 51.3 Å². The second-order valence-electron chi connectivity index (χ2n) is 9.71. The standard InChI is InChI=1S/C27H29N5.C2HF3O2/c1-22-4-2-3-5-25(22)16-27(20-29)11-14-31(15-12-27)13-10-26-18-30-21-32(26)19-24-8-6-23(17-28)7-9-24;3-2(4,5)1(6)7/h2-9,18,21H,10-16,19H2,1H3;(H,6,7). The fraction of sp³-hybridized carbons (Fsp3) is 0.379. The Morgan fingerprint density at radius 1 is 1.10 bits per heavy atom. The summed E-state index contributed by atoms with van der Waals surface area (Å²) in [5.74, 6) is -2.76. The molecule has 7 nitrogen and oxygen atoms in total. The maximum atomic E-state index is 10.6. The molecule has 2 aromatic carbocycles. The first-order valence-electron chi connectivity index (χ1n) is 12.5. The Bertz CT molecular complexity index is 1330. The monoisotopic (exact) mass is 537 g/mol. The first kappa shape index (κ1) is 29.4. The van der Waals surface area contributed by atoms with Crippen molar-refractivity contribution in [3.63, 3.8) is 0 Å². The number of piperidine rings is 1. The van der Waals surface area contributed by atoms with Crippen molar-refractivity contribution in [2.75, 3.05) is 19.6 Å². The predicted octanol–water partition coefficient (Wildman–Crippen LogP) is 5.14. The van der Waals surface area contributed by atoms with Gasteiger partial charge in [0, 0.05) is 31.4 Å². The average molecular weight is 538 g/mol. The molecule has 4 rings (SSSR count). The maximum absolute atomic E-state index is 10.6. The molecule has 0 unspecified atom stereocenters. The number of likely N-dealkylation sites (tertiary alicyclic amines) is 1. The number of hydrogen-bond acceptors (Lipinski definition) is 5. The second-order valence-corrected chi connectivity index (χ2v) is 9.71. The van der Waals surface area contributed by atoms with Gasteiger partial charge < -0.3 is 14.6 Å². The summed E-state index contributed by atoms with van der Waals surface area (Å²) in [6, 6.07) is 21.0. The van der Waals surface area contributed by atoms with Crippen LogP contribution in [0.2, 0.25) is 0 Å². The Balaban J connectivity index is 0.000000532. The van der Waals surface area contributed by atoms with Gasteiger partial charge in [-0.25, -0.2) is 9.78 Å². The molecule has 1 aliphatic heterocycles. The molecule has 0 radical (unpaired) electrons. The highest BCUT2D eigenvalue weighted by Gasteiger charge is 2.38. The lowest BCUT2D eigenvalue weighted by molar-refractivity contribution is -0.192. The summed E-state index contributed by atoms with van der Waals surface area (Å²) >= 11 is 0. The minimum absolute atomic E-state index is 0.250. The summed E-state index contributed by atoms with van der Waals surface area (Å²) in [5.41, 5.74) is 5.39. The number of benzene rings is 2. The van der Waals surface area contributed by atoms with Crippen molar-refractivity contribution in [2.24, 2.45) is 5.41 Å². The minimum Gasteiger partial charge on any atom is -0.475 e. The van der Waals surface area contributed by atoms with Crippen LogP contribution in [0.1, 0.15) is 40.8 Å². The van der Waals surface area contributed by atoms with Crippen LogP contribution in [0, 0.1) is 35.0 Å². The van der Waals surface area contributed by atoms with Crippen molar-refractivity contribution < 1.29 is 23.1 Å². The van der Waals surface area contributed by atoms with E-state index in [2.05, 4.69) is 57.8 Å². The zero-order chi connectivity index (χ0) is 28.5. The molecule has 1 N–H and O–H groups in total. The number of carbonyl (C=O) groups is 1. The number of aryl methyl sites for hydroxylation is 1. The lowest BCUT2D eigenvalue weighted by Crippen LogP contribution is -2.41. The number of nitrogens with zero attached hydrogens (tertiary/aromatic N) is 5. The fourth-order valence-corrected chi connectivity index (χ4v) is 4.56. The third-order valence-corrected chi connectivity index (χ3v) is 7.00. The number of imidazole rings is 1. The van der Waals surface area contributed by atoms with Crippen molar-refractivity contribution in [1.82, 2.24) is 14.5 Å². The normalized spacial score (nSPS) is 14.9. The summed E-state index contributed by atoms with van der Waals surface area (Å²) in [6.07, 6.45) is 2.37. The van der Waals surface area contributed by atoms with Gasteiger partial charge in [0.15, 0.2) is 0 Å².